The third-order valence-electron chi connectivity index (χ3n) is 2.88. The van der Waals surface area contributed by atoms with E-state index in [1.54, 1.807) is 0 Å². The molecule has 0 N–H and O–H groups in total. The molecule has 0 spiro atoms. The van der Waals surface area contributed by atoms with Crippen LogP contribution in [0.25, 0.3) is 0 Å². The van der Waals surface area contributed by atoms with Crippen LogP contribution in [0.3, 0.4) is 0 Å². The lowest BCUT2D eigenvalue weighted by atomic mass is 9.80. The van der Waals surface area contributed by atoms with Gasteiger partial charge in [-0.15, -0.1) is 11.6 Å². The molecule has 0 aliphatic rings. The Morgan fingerprint density at radius 1 is 0.812 bits per heavy atom. The van der Waals surface area contributed by atoms with Crippen molar-refractivity contribution in [1.82, 2.24) is 0 Å². The van der Waals surface area contributed by atoms with E-state index in [0.29, 0.717) is 5.88 Å². The van der Waals surface area contributed by atoms with Crippen molar-refractivity contribution in [2.75, 3.05) is 0 Å². The van der Waals surface area contributed by atoms with Gasteiger partial charge in [-0.2, -0.15) is 0 Å². The molecule has 1 heteroatoms. The highest BCUT2D eigenvalue weighted by Gasteiger charge is 2.20. The van der Waals surface area contributed by atoms with Crippen LogP contribution >= 0.6 is 11.6 Å². The lowest BCUT2D eigenvalue weighted by Gasteiger charge is -2.26. The van der Waals surface area contributed by atoms with E-state index in [2.05, 4.69) is 59.7 Å². The Labute approximate surface area is 105 Å². The molecule has 16 heavy (non-hydrogen) atoms. The number of hydrogen-bond acceptors (Lipinski definition) is 0. The highest BCUT2D eigenvalue weighted by atomic mass is 35.5. The molecule has 0 radical (unpaired) electrons. The molecule has 1 aromatic rings. The number of alkyl halides is 1. The van der Waals surface area contributed by atoms with Crippen LogP contribution in [0.5, 0.6) is 0 Å². The van der Waals surface area contributed by atoms with Crippen molar-refractivity contribution in [3.63, 3.8) is 0 Å². The fourth-order valence-corrected chi connectivity index (χ4v) is 1.79. The van der Waals surface area contributed by atoms with Gasteiger partial charge < -0.3 is 0 Å². The van der Waals surface area contributed by atoms with Gasteiger partial charge in [0.25, 0.3) is 0 Å². The molecule has 0 unspecified atom stereocenters. The Morgan fingerprint density at radius 3 is 1.44 bits per heavy atom. The molecule has 0 aliphatic carbocycles. The van der Waals surface area contributed by atoms with Crippen molar-refractivity contribution in [2.45, 2.75) is 58.3 Å². The first kappa shape index (κ1) is 13.6. The molecule has 0 bridgehead atoms. The van der Waals surface area contributed by atoms with Crippen molar-refractivity contribution in [3.05, 3.63) is 34.9 Å². The molecule has 1 rings (SSSR count). The van der Waals surface area contributed by atoms with Crippen molar-refractivity contribution in [1.29, 1.82) is 0 Å². The van der Waals surface area contributed by atoms with Gasteiger partial charge in [-0.1, -0.05) is 59.7 Å². The summed E-state index contributed by atoms with van der Waals surface area (Å²) in [5, 5.41) is 0. The first-order chi connectivity index (χ1) is 7.14. The summed E-state index contributed by atoms with van der Waals surface area (Å²) >= 11 is 5.97. The molecule has 0 amide bonds. The molecule has 0 saturated heterocycles. The van der Waals surface area contributed by atoms with E-state index >= 15 is 0 Å². The average molecular weight is 239 g/mol. The molecule has 0 heterocycles. The van der Waals surface area contributed by atoms with E-state index in [1.807, 2.05) is 0 Å². The Balaban J connectivity index is 3.33. The maximum absolute atomic E-state index is 5.97. The number of hydrogen-bond donors (Lipinski definition) is 0. The standard InChI is InChI=1S/C15H23Cl/c1-14(2,3)12-7-11(10-16)8-13(9-12)15(4,5)6/h7-9H,10H2,1-6H3. The Hall–Kier alpha value is -0.490. The lowest BCUT2D eigenvalue weighted by molar-refractivity contribution is 0.567. The van der Waals surface area contributed by atoms with E-state index in [1.165, 1.54) is 16.7 Å². The fraction of sp³-hybridized carbons (Fsp3) is 0.600. The van der Waals surface area contributed by atoms with Crippen molar-refractivity contribution < 1.29 is 0 Å². The van der Waals surface area contributed by atoms with Gasteiger partial charge in [0.2, 0.25) is 0 Å². The van der Waals surface area contributed by atoms with Crippen LogP contribution in [0.1, 0.15) is 58.2 Å². The fourth-order valence-electron chi connectivity index (χ4n) is 1.64. The number of rotatable bonds is 1. The molecular weight excluding hydrogens is 216 g/mol. The van der Waals surface area contributed by atoms with Gasteiger partial charge in [-0.05, 0) is 27.5 Å². The first-order valence-electron chi connectivity index (χ1n) is 5.85. The third-order valence-corrected chi connectivity index (χ3v) is 3.19. The van der Waals surface area contributed by atoms with Crippen LogP contribution in [-0.2, 0) is 16.7 Å². The zero-order chi connectivity index (χ0) is 12.6. The van der Waals surface area contributed by atoms with Gasteiger partial charge in [0.15, 0.2) is 0 Å². The molecule has 0 fully saturated rings. The summed E-state index contributed by atoms with van der Waals surface area (Å²) in [6, 6.07) is 6.76. The van der Waals surface area contributed by atoms with Crippen molar-refractivity contribution >= 4 is 11.6 Å². The normalized spacial score (nSPS) is 12.9. The Morgan fingerprint density at radius 2 is 1.19 bits per heavy atom. The molecule has 1 aromatic carbocycles. The van der Waals surface area contributed by atoms with E-state index in [0.717, 1.165) is 0 Å². The van der Waals surface area contributed by atoms with Crippen LogP contribution < -0.4 is 0 Å². The van der Waals surface area contributed by atoms with E-state index in [9.17, 15) is 0 Å². The minimum Gasteiger partial charge on any atom is -0.122 e. The monoisotopic (exact) mass is 238 g/mol. The van der Waals surface area contributed by atoms with Crippen LogP contribution in [0, 0.1) is 0 Å². The summed E-state index contributed by atoms with van der Waals surface area (Å²) in [7, 11) is 0. The topological polar surface area (TPSA) is 0 Å². The summed E-state index contributed by atoms with van der Waals surface area (Å²) in [6.45, 7) is 13.5. The van der Waals surface area contributed by atoms with Crippen LogP contribution in [-0.4, -0.2) is 0 Å². The summed E-state index contributed by atoms with van der Waals surface area (Å²) in [6.07, 6.45) is 0. The maximum atomic E-state index is 5.97. The van der Waals surface area contributed by atoms with Crippen LogP contribution in [0.4, 0.5) is 0 Å². The largest absolute Gasteiger partial charge is 0.122 e. The van der Waals surface area contributed by atoms with E-state index in [-0.39, 0.29) is 10.8 Å². The molecule has 0 aromatic heterocycles. The highest BCUT2D eigenvalue weighted by molar-refractivity contribution is 6.17. The molecule has 0 nitrogen and oxygen atoms in total. The minimum atomic E-state index is 0.183. The first-order valence-corrected chi connectivity index (χ1v) is 6.39. The summed E-state index contributed by atoms with van der Waals surface area (Å²) in [5.74, 6) is 0.590. The number of halogens is 1. The highest BCUT2D eigenvalue weighted by Crippen LogP contribution is 2.30. The smallest absolute Gasteiger partial charge is 0.0474 e. The maximum Gasteiger partial charge on any atom is 0.0474 e. The second-order valence-corrected chi connectivity index (χ2v) is 6.82. The quantitative estimate of drug-likeness (QED) is 0.603. The van der Waals surface area contributed by atoms with Gasteiger partial charge in [-0.25, -0.2) is 0 Å². The van der Waals surface area contributed by atoms with Crippen molar-refractivity contribution in [3.8, 4) is 0 Å². The van der Waals surface area contributed by atoms with Crippen LogP contribution in [0.2, 0.25) is 0 Å². The Kier molecular flexibility index (Phi) is 3.74. The average Bonchev–Trinajstić information content (AvgIpc) is 2.14. The second kappa shape index (κ2) is 4.41. The summed E-state index contributed by atoms with van der Waals surface area (Å²) in [4.78, 5) is 0. The summed E-state index contributed by atoms with van der Waals surface area (Å²) < 4.78 is 0. The minimum absolute atomic E-state index is 0.183. The predicted octanol–water partition coefficient (Wildman–Crippen LogP) is 5.02. The van der Waals surface area contributed by atoms with Gasteiger partial charge in [-0.3, -0.25) is 0 Å². The van der Waals surface area contributed by atoms with E-state index in [4.69, 9.17) is 11.6 Å². The lowest BCUT2D eigenvalue weighted by Crippen LogP contribution is -2.16. The molecular formula is C15H23Cl. The summed E-state index contributed by atoms with van der Waals surface area (Å²) in [5.41, 5.74) is 4.33. The molecule has 0 saturated carbocycles. The molecule has 90 valence electrons. The Bertz CT molecular complexity index is 332. The number of benzene rings is 1. The second-order valence-electron chi connectivity index (χ2n) is 6.55. The zero-order valence-electron chi connectivity index (χ0n) is 11.3. The van der Waals surface area contributed by atoms with Gasteiger partial charge >= 0.3 is 0 Å². The van der Waals surface area contributed by atoms with Gasteiger partial charge in [0.1, 0.15) is 0 Å². The van der Waals surface area contributed by atoms with E-state index < -0.39 is 0 Å². The third kappa shape index (κ3) is 3.25. The van der Waals surface area contributed by atoms with Crippen LogP contribution in [0.15, 0.2) is 18.2 Å². The SMILES string of the molecule is CC(C)(C)c1cc(CCl)cc(C(C)(C)C)c1. The zero-order valence-corrected chi connectivity index (χ0v) is 12.1. The van der Waals surface area contributed by atoms with Gasteiger partial charge in [0, 0.05) is 5.88 Å². The predicted molar refractivity (Wildman–Crippen MR) is 73.4 cm³/mol. The molecule has 0 atom stereocenters. The molecule has 0 aliphatic heterocycles. The van der Waals surface area contributed by atoms with Gasteiger partial charge in [0.05, 0.1) is 0 Å². The van der Waals surface area contributed by atoms with Crippen molar-refractivity contribution in [2.24, 2.45) is 0 Å².